The van der Waals surface area contributed by atoms with Crippen molar-refractivity contribution < 1.29 is 8.42 Å². The van der Waals surface area contributed by atoms with Crippen LogP contribution in [-0.4, -0.2) is 59.6 Å². The Morgan fingerprint density at radius 1 is 1.00 bits per heavy atom. The maximum Gasteiger partial charge on any atom is 0.238 e. The number of aryl methyl sites for hydroxylation is 1. The second-order valence-corrected chi connectivity index (χ2v) is 11.3. The van der Waals surface area contributed by atoms with Crippen molar-refractivity contribution in [3.63, 3.8) is 0 Å². The maximum absolute atomic E-state index is 12.0. The van der Waals surface area contributed by atoms with Crippen LogP contribution in [0.25, 0.3) is 27.9 Å². The van der Waals surface area contributed by atoms with Crippen LogP contribution in [0.15, 0.2) is 66.0 Å². The molecular formula is C27H32N6O2S. The summed E-state index contributed by atoms with van der Waals surface area (Å²) >= 11 is 0. The summed E-state index contributed by atoms with van der Waals surface area (Å²) in [6, 6.07) is 14.9. The molecule has 2 aromatic heterocycles. The molecule has 0 aliphatic carbocycles. The highest BCUT2D eigenvalue weighted by Crippen LogP contribution is 2.28. The quantitative estimate of drug-likeness (QED) is 0.418. The Kier molecular flexibility index (Phi) is 6.65. The normalized spacial score (nSPS) is 19.1. The zero-order valence-corrected chi connectivity index (χ0v) is 21.7. The van der Waals surface area contributed by atoms with Crippen molar-refractivity contribution >= 4 is 15.7 Å². The second-order valence-electron chi connectivity index (χ2n) is 9.74. The Morgan fingerprint density at radius 2 is 1.69 bits per heavy atom. The molecule has 0 amide bonds. The van der Waals surface area contributed by atoms with Gasteiger partial charge >= 0.3 is 0 Å². The van der Waals surface area contributed by atoms with Gasteiger partial charge in [-0.15, -0.1) is 0 Å². The molecule has 0 saturated carbocycles. The standard InChI is InChI=1S/C27H32N6O2S/c1-18-4-7-23(12-26(18)36(28,34)35)25-16-31-33-17-24(15-30-27(25)33)22-8-5-21(6-9-22)10-11-32-19(2)13-29-14-20(32)3/h4-9,12,15-17,19-20,29H,10-11,13-14H2,1-3H3,(H2,28,34,35)/t19-,20+. The van der Waals surface area contributed by atoms with Crippen molar-refractivity contribution in [2.75, 3.05) is 19.6 Å². The first kappa shape index (κ1) is 24.6. The number of hydrogen-bond donors (Lipinski definition) is 2. The summed E-state index contributed by atoms with van der Waals surface area (Å²) in [5.74, 6) is 0. The SMILES string of the molecule is Cc1ccc(-c2cnn3cc(-c4ccc(CCN5[C@H](C)CNC[C@@H]5C)cc4)cnc23)cc1S(N)(=O)=O. The minimum Gasteiger partial charge on any atom is -0.314 e. The average Bonchev–Trinajstić information content (AvgIpc) is 3.27. The van der Waals surface area contributed by atoms with Crippen LogP contribution in [0.1, 0.15) is 25.0 Å². The molecule has 0 bridgehead atoms. The zero-order chi connectivity index (χ0) is 25.4. The molecule has 0 radical (unpaired) electrons. The van der Waals surface area contributed by atoms with E-state index in [4.69, 9.17) is 5.14 Å². The highest BCUT2D eigenvalue weighted by atomic mass is 32.2. The summed E-state index contributed by atoms with van der Waals surface area (Å²) in [7, 11) is -3.82. The molecule has 36 heavy (non-hydrogen) atoms. The smallest absolute Gasteiger partial charge is 0.238 e. The molecule has 3 heterocycles. The molecule has 188 valence electrons. The number of benzene rings is 2. The van der Waals surface area contributed by atoms with E-state index in [9.17, 15) is 8.42 Å². The van der Waals surface area contributed by atoms with Gasteiger partial charge in [-0.05, 0) is 55.5 Å². The van der Waals surface area contributed by atoms with Crippen molar-refractivity contribution in [3.8, 4) is 22.3 Å². The predicted molar refractivity (Wildman–Crippen MR) is 142 cm³/mol. The Morgan fingerprint density at radius 3 is 2.39 bits per heavy atom. The third-order valence-corrected chi connectivity index (χ3v) is 8.17. The van der Waals surface area contributed by atoms with Gasteiger partial charge in [-0.3, -0.25) is 4.90 Å². The van der Waals surface area contributed by atoms with Crippen LogP contribution in [-0.2, 0) is 16.4 Å². The maximum atomic E-state index is 12.0. The third kappa shape index (κ3) is 4.92. The summed E-state index contributed by atoms with van der Waals surface area (Å²) in [5.41, 5.74) is 6.06. The predicted octanol–water partition coefficient (Wildman–Crippen LogP) is 3.24. The molecule has 1 aliphatic rings. The highest BCUT2D eigenvalue weighted by molar-refractivity contribution is 7.89. The van der Waals surface area contributed by atoms with Gasteiger partial charge in [0.05, 0.1) is 11.1 Å². The van der Waals surface area contributed by atoms with Crippen LogP contribution in [0.5, 0.6) is 0 Å². The zero-order valence-electron chi connectivity index (χ0n) is 20.8. The Balaban J connectivity index is 1.35. The number of piperazine rings is 1. The van der Waals surface area contributed by atoms with E-state index in [1.807, 2.05) is 18.5 Å². The Labute approximate surface area is 212 Å². The molecule has 2 atom stereocenters. The monoisotopic (exact) mass is 504 g/mol. The Hall–Kier alpha value is -3.11. The van der Waals surface area contributed by atoms with E-state index in [1.54, 1.807) is 29.8 Å². The molecule has 8 nitrogen and oxygen atoms in total. The van der Waals surface area contributed by atoms with Gasteiger partial charge in [0.15, 0.2) is 5.65 Å². The molecule has 9 heteroatoms. The first-order valence-electron chi connectivity index (χ1n) is 12.2. The van der Waals surface area contributed by atoms with Crippen molar-refractivity contribution in [1.29, 1.82) is 0 Å². The number of nitrogens with two attached hydrogens (primary N) is 1. The van der Waals surface area contributed by atoms with Crippen molar-refractivity contribution in [1.82, 2.24) is 24.8 Å². The fraction of sp³-hybridized carbons (Fsp3) is 0.333. The number of aromatic nitrogens is 3. The van der Waals surface area contributed by atoms with E-state index in [1.165, 1.54) is 5.56 Å². The van der Waals surface area contributed by atoms with E-state index in [0.29, 0.717) is 28.9 Å². The fourth-order valence-corrected chi connectivity index (χ4v) is 5.84. The topological polar surface area (TPSA) is 106 Å². The van der Waals surface area contributed by atoms with Gasteiger partial charge in [0, 0.05) is 55.2 Å². The first-order valence-corrected chi connectivity index (χ1v) is 13.8. The lowest BCUT2D eigenvalue weighted by Crippen LogP contribution is -2.55. The lowest BCUT2D eigenvalue weighted by molar-refractivity contribution is 0.119. The van der Waals surface area contributed by atoms with Gasteiger partial charge < -0.3 is 5.32 Å². The number of sulfonamides is 1. The fourth-order valence-electron chi connectivity index (χ4n) is 5.03. The van der Waals surface area contributed by atoms with Crippen LogP contribution in [0.3, 0.4) is 0 Å². The van der Waals surface area contributed by atoms with Crippen molar-refractivity contribution in [3.05, 3.63) is 72.2 Å². The van der Waals surface area contributed by atoms with E-state index in [0.717, 1.165) is 42.7 Å². The summed E-state index contributed by atoms with van der Waals surface area (Å²) in [4.78, 5) is 7.34. The number of fused-ring (bicyclic) bond motifs is 1. The van der Waals surface area contributed by atoms with Crippen LogP contribution < -0.4 is 10.5 Å². The van der Waals surface area contributed by atoms with Crippen LogP contribution in [0, 0.1) is 6.92 Å². The number of nitrogens with zero attached hydrogens (tertiary/aromatic N) is 4. The van der Waals surface area contributed by atoms with Crippen molar-refractivity contribution in [2.45, 2.75) is 44.2 Å². The minimum atomic E-state index is -3.82. The number of hydrogen-bond acceptors (Lipinski definition) is 6. The summed E-state index contributed by atoms with van der Waals surface area (Å²) in [5, 5.41) is 13.3. The number of rotatable bonds is 6. The summed E-state index contributed by atoms with van der Waals surface area (Å²) < 4.78 is 25.6. The van der Waals surface area contributed by atoms with Gasteiger partial charge in [-0.25, -0.2) is 23.1 Å². The molecule has 4 aromatic rings. The molecule has 2 aromatic carbocycles. The van der Waals surface area contributed by atoms with E-state index >= 15 is 0 Å². The molecule has 0 unspecified atom stereocenters. The number of primary sulfonamides is 1. The van der Waals surface area contributed by atoms with E-state index < -0.39 is 10.0 Å². The molecule has 5 rings (SSSR count). The number of nitrogens with one attached hydrogen (secondary N) is 1. The van der Waals surface area contributed by atoms with Crippen molar-refractivity contribution in [2.24, 2.45) is 5.14 Å². The molecule has 1 aliphatic heterocycles. The van der Waals surface area contributed by atoms with E-state index in [-0.39, 0.29) is 4.90 Å². The lowest BCUT2D eigenvalue weighted by Gasteiger charge is -2.39. The average molecular weight is 505 g/mol. The van der Waals surface area contributed by atoms with Gasteiger partial charge in [0.2, 0.25) is 10.0 Å². The van der Waals surface area contributed by atoms with Gasteiger partial charge in [0.1, 0.15) is 0 Å². The molecule has 3 N–H and O–H groups in total. The van der Waals surface area contributed by atoms with Crippen LogP contribution in [0.2, 0.25) is 0 Å². The third-order valence-electron chi connectivity index (χ3n) is 7.12. The largest absolute Gasteiger partial charge is 0.314 e. The van der Waals surface area contributed by atoms with Crippen LogP contribution in [0.4, 0.5) is 0 Å². The molecule has 0 spiro atoms. The van der Waals surface area contributed by atoms with Gasteiger partial charge in [-0.2, -0.15) is 5.10 Å². The minimum absolute atomic E-state index is 0.108. The van der Waals surface area contributed by atoms with Gasteiger partial charge in [-0.1, -0.05) is 36.4 Å². The van der Waals surface area contributed by atoms with E-state index in [2.05, 4.69) is 58.4 Å². The summed E-state index contributed by atoms with van der Waals surface area (Å²) in [6.45, 7) is 9.44. The molecule has 1 saturated heterocycles. The molecule has 1 fully saturated rings. The highest BCUT2D eigenvalue weighted by Gasteiger charge is 2.23. The lowest BCUT2D eigenvalue weighted by atomic mass is 10.0. The second kappa shape index (κ2) is 9.74. The summed E-state index contributed by atoms with van der Waals surface area (Å²) in [6.07, 6.45) is 6.49. The Bertz CT molecular complexity index is 1490. The first-order chi connectivity index (χ1) is 17.2. The molecular weight excluding hydrogens is 472 g/mol. The van der Waals surface area contributed by atoms with Crippen LogP contribution >= 0.6 is 0 Å². The van der Waals surface area contributed by atoms with Gasteiger partial charge in [0.25, 0.3) is 0 Å².